The molecule has 0 spiro atoms. The van der Waals surface area contributed by atoms with Crippen LogP contribution in [0.25, 0.3) is 0 Å². The fourth-order valence-corrected chi connectivity index (χ4v) is 2.79. The van der Waals surface area contributed by atoms with Crippen LogP contribution in [0.4, 0.5) is 24.5 Å². The highest BCUT2D eigenvalue weighted by Crippen LogP contribution is 2.35. The Morgan fingerprint density at radius 3 is 2.46 bits per heavy atom. The van der Waals surface area contributed by atoms with E-state index in [-0.39, 0.29) is 18.2 Å². The highest BCUT2D eigenvalue weighted by Gasteiger charge is 2.20. The van der Waals surface area contributed by atoms with Crippen molar-refractivity contribution < 1.29 is 22.7 Å². The maximum Gasteiger partial charge on any atom is 0.266 e. The highest BCUT2D eigenvalue weighted by atomic mass is 19.3. The molecule has 3 N–H and O–H groups in total. The number of amides is 1. The topological polar surface area (TPSA) is 67.6 Å². The molecule has 1 amide bonds. The number of benzene rings is 2. The van der Waals surface area contributed by atoms with Crippen LogP contribution in [0.5, 0.6) is 5.75 Å². The third-order valence-electron chi connectivity index (χ3n) is 4.54. The molecule has 28 heavy (non-hydrogen) atoms. The molecular weight excluding hydrogens is 371 g/mol. The standard InChI is InChI=1S/C20H24F3N3O2/c1-11(2)26(3)18-14(17(28-4)8-7-16(18)24)10-25-20(27)12-5-6-13(19(22)23)15(21)9-12/h5-9,11,19H,10,24H2,1-4H3,(H,25,27). The zero-order valence-electron chi connectivity index (χ0n) is 16.2. The summed E-state index contributed by atoms with van der Waals surface area (Å²) in [5.41, 5.74) is 7.24. The number of ether oxygens (including phenoxy) is 1. The third kappa shape index (κ3) is 4.49. The van der Waals surface area contributed by atoms with E-state index in [4.69, 9.17) is 10.5 Å². The average molecular weight is 395 g/mol. The molecule has 0 fully saturated rings. The molecule has 5 nitrogen and oxygen atoms in total. The van der Waals surface area contributed by atoms with E-state index in [0.29, 0.717) is 22.7 Å². The predicted molar refractivity (Wildman–Crippen MR) is 103 cm³/mol. The van der Waals surface area contributed by atoms with E-state index in [1.165, 1.54) is 7.11 Å². The quantitative estimate of drug-likeness (QED) is 0.692. The maximum atomic E-state index is 13.8. The third-order valence-corrected chi connectivity index (χ3v) is 4.54. The largest absolute Gasteiger partial charge is 0.496 e. The molecule has 2 aromatic carbocycles. The van der Waals surface area contributed by atoms with E-state index in [1.807, 2.05) is 25.8 Å². The second kappa shape index (κ2) is 8.86. The van der Waals surface area contributed by atoms with Crippen LogP contribution in [0, 0.1) is 5.82 Å². The van der Waals surface area contributed by atoms with Crippen molar-refractivity contribution in [1.82, 2.24) is 5.32 Å². The van der Waals surface area contributed by atoms with Gasteiger partial charge in [-0.1, -0.05) is 0 Å². The van der Waals surface area contributed by atoms with Gasteiger partial charge in [-0.3, -0.25) is 4.79 Å². The van der Waals surface area contributed by atoms with Crippen LogP contribution >= 0.6 is 0 Å². The fraction of sp³-hybridized carbons (Fsp3) is 0.350. The lowest BCUT2D eigenvalue weighted by Crippen LogP contribution is -2.30. The van der Waals surface area contributed by atoms with Crippen molar-refractivity contribution in [3.63, 3.8) is 0 Å². The molecular formula is C20H24F3N3O2. The molecule has 0 atom stereocenters. The number of nitrogens with two attached hydrogens (primary N) is 1. The molecule has 2 rings (SSSR count). The van der Waals surface area contributed by atoms with Crippen LogP contribution in [-0.2, 0) is 6.54 Å². The van der Waals surface area contributed by atoms with Crippen LogP contribution in [0.15, 0.2) is 30.3 Å². The van der Waals surface area contributed by atoms with Gasteiger partial charge in [0.2, 0.25) is 0 Å². The van der Waals surface area contributed by atoms with Crippen LogP contribution in [0.1, 0.15) is 41.8 Å². The van der Waals surface area contributed by atoms with Gasteiger partial charge in [-0.05, 0) is 44.2 Å². The number of alkyl halides is 2. The van der Waals surface area contributed by atoms with E-state index in [1.54, 1.807) is 12.1 Å². The molecule has 0 aliphatic rings. The maximum absolute atomic E-state index is 13.8. The number of carbonyl (C=O) groups excluding carboxylic acids is 1. The molecule has 0 unspecified atom stereocenters. The van der Waals surface area contributed by atoms with E-state index >= 15 is 0 Å². The minimum atomic E-state index is -2.94. The van der Waals surface area contributed by atoms with Crippen LogP contribution in [-0.4, -0.2) is 26.1 Å². The SMILES string of the molecule is COc1ccc(N)c(N(C)C(C)C)c1CNC(=O)c1ccc(C(F)F)c(F)c1. The second-order valence-electron chi connectivity index (χ2n) is 6.61. The number of rotatable bonds is 7. The molecule has 0 radical (unpaired) electrons. The molecule has 0 aliphatic heterocycles. The molecule has 0 saturated carbocycles. The number of hydrogen-bond acceptors (Lipinski definition) is 4. The number of halogens is 3. The van der Waals surface area contributed by atoms with Crippen molar-refractivity contribution in [3.8, 4) is 5.75 Å². The Kier molecular flexibility index (Phi) is 6.77. The first-order chi connectivity index (χ1) is 13.2. The Labute approximate surface area is 162 Å². The minimum absolute atomic E-state index is 0.0523. The normalized spacial score (nSPS) is 11.0. The zero-order chi connectivity index (χ0) is 21.0. The molecule has 152 valence electrons. The number of carbonyl (C=O) groups is 1. The van der Waals surface area contributed by atoms with E-state index < -0.39 is 23.7 Å². The lowest BCUT2D eigenvalue weighted by Gasteiger charge is -2.29. The Hall–Kier alpha value is -2.90. The van der Waals surface area contributed by atoms with Crippen molar-refractivity contribution in [2.75, 3.05) is 24.8 Å². The Morgan fingerprint density at radius 2 is 1.93 bits per heavy atom. The number of hydrogen-bond donors (Lipinski definition) is 2. The van der Waals surface area contributed by atoms with Gasteiger partial charge in [0.15, 0.2) is 0 Å². The van der Waals surface area contributed by atoms with Crippen molar-refractivity contribution in [1.29, 1.82) is 0 Å². The minimum Gasteiger partial charge on any atom is -0.496 e. The van der Waals surface area contributed by atoms with Crippen LogP contribution in [0.3, 0.4) is 0 Å². The average Bonchev–Trinajstić information content (AvgIpc) is 2.65. The van der Waals surface area contributed by atoms with Crippen molar-refractivity contribution >= 4 is 17.3 Å². The molecule has 2 aromatic rings. The van der Waals surface area contributed by atoms with Gasteiger partial charge < -0.3 is 20.7 Å². The number of nitrogen functional groups attached to an aromatic ring is 1. The highest BCUT2D eigenvalue weighted by molar-refractivity contribution is 5.94. The number of nitrogens with zero attached hydrogens (tertiary/aromatic N) is 1. The summed E-state index contributed by atoms with van der Waals surface area (Å²) in [4.78, 5) is 14.4. The second-order valence-corrected chi connectivity index (χ2v) is 6.61. The summed E-state index contributed by atoms with van der Waals surface area (Å²) in [5.74, 6) is -1.18. The summed E-state index contributed by atoms with van der Waals surface area (Å²) in [6.45, 7) is 4.06. The molecule has 0 aliphatic carbocycles. The summed E-state index contributed by atoms with van der Waals surface area (Å²) < 4.78 is 44.5. The molecule has 0 saturated heterocycles. The first kappa shape index (κ1) is 21.4. The molecule has 0 bridgehead atoms. The first-order valence-electron chi connectivity index (χ1n) is 8.71. The van der Waals surface area contributed by atoms with Crippen molar-refractivity contribution in [2.45, 2.75) is 32.9 Å². The number of nitrogens with one attached hydrogen (secondary N) is 1. The molecule has 8 heteroatoms. The predicted octanol–water partition coefficient (Wildman–Crippen LogP) is 4.13. The Balaban J connectivity index is 2.30. The van der Waals surface area contributed by atoms with E-state index in [2.05, 4.69) is 5.32 Å². The lowest BCUT2D eigenvalue weighted by atomic mass is 10.1. The Morgan fingerprint density at radius 1 is 1.25 bits per heavy atom. The van der Waals surface area contributed by atoms with E-state index in [0.717, 1.165) is 18.2 Å². The summed E-state index contributed by atoms with van der Waals surface area (Å²) >= 11 is 0. The summed E-state index contributed by atoms with van der Waals surface area (Å²) in [6.07, 6.45) is -2.94. The first-order valence-corrected chi connectivity index (χ1v) is 8.71. The molecule has 0 heterocycles. The van der Waals surface area contributed by atoms with Gasteiger partial charge in [0.05, 0.1) is 24.0 Å². The van der Waals surface area contributed by atoms with Gasteiger partial charge in [0.25, 0.3) is 12.3 Å². The zero-order valence-corrected chi connectivity index (χ0v) is 16.2. The monoisotopic (exact) mass is 395 g/mol. The van der Waals surface area contributed by atoms with Gasteiger partial charge in [0, 0.05) is 30.8 Å². The van der Waals surface area contributed by atoms with Crippen LogP contribution < -0.4 is 20.7 Å². The van der Waals surface area contributed by atoms with Gasteiger partial charge in [0.1, 0.15) is 11.6 Å². The van der Waals surface area contributed by atoms with Crippen molar-refractivity contribution in [3.05, 3.63) is 52.8 Å². The van der Waals surface area contributed by atoms with Gasteiger partial charge in [-0.25, -0.2) is 13.2 Å². The summed E-state index contributed by atoms with van der Waals surface area (Å²) in [7, 11) is 3.38. The Bertz CT molecular complexity index is 857. The fourth-order valence-electron chi connectivity index (χ4n) is 2.79. The van der Waals surface area contributed by atoms with Crippen molar-refractivity contribution in [2.24, 2.45) is 0 Å². The van der Waals surface area contributed by atoms with Gasteiger partial charge in [-0.15, -0.1) is 0 Å². The number of anilines is 2. The van der Waals surface area contributed by atoms with Gasteiger partial charge >= 0.3 is 0 Å². The summed E-state index contributed by atoms with van der Waals surface area (Å²) in [5, 5.41) is 2.67. The van der Waals surface area contributed by atoms with E-state index in [9.17, 15) is 18.0 Å². The lowest BCUT2D eigenvalue weighted by molar-refractivity contribution is 0.0949. The summed E-state index contributed by atoms with van der Waals surface area (Å²) in [6, 6.07) is 6.43. The smallest absolute Gasteiger partial charge is 0.266 e. The number of methoxy groups -OCH3 is 1. The molecule has 0 aromatic heterocycles. The van der Waals surface area contributed by atoms with Gasteiger partial charge in [-0.2, -0.15) is 0 Å². The van der Waals surface area contributed by atoms with Crippen LogP contribution in [0.2, 0.25) is 0 Å².